The molecule has 0 unspecified atom stereocenters. The van der Waals surface area contributed by atoms with Gasteiger partial charge in [-0.25, -0.2) is 9.78 Å². The highest BCUT2D eigenvalue weighted by atomic mass is 32.1. The highest BCUT2D eigenvalue weighted by molar-refractivity contribution is 7.09. The summed E-state index contributed by atoms with van der Waals surface area (Å²) in [6, 6.07) is 5.55. The summed E-state index contributed by atoms with van der Waals surface area (Å²) in [4.78, 5) is 29.5. The van der Waals surface area contributed by atoms with Crippen LogP contribution in [0.1, 0.15) is 60.6 Å². The van der Waals surface area contributed by atoms with Crippen molar-refractivity contribution in [1.29, 1.82) is 0 Å². The number of likely N-dealkylation sites (tertiary alicyclic amines) is 1. The molecule has 0 N–H and O–H groups in total. The van der Waals surface area contributed by atoms with Crippen LogP contribution < -0.4 is 0 Å². The minimum absolute atomic E-state index is 0.341. The number of benzene rings is 1. The van der Waals surface area contributed by atoms with Gasteiger partial charge in [-0.2, -0.15) is 0 Å². The molecule has 0 bridgehead atoms. The number of esters is 1. The van der Waals surface area contributed by atoms with Gasteiger partial charge in [-0.3, -0.25) is 14.9 Å². The number of aliphatic imine (C=N–C) groups is 1. The van der Waals surface area contributed by atoms with Crippen molar-refractivity contribution in [2.75, 3.05) is 20.2 Å². The summed E-state index contributed by atoms with van der Waals surface area (Å²) in [5.41, 5.74) is 6.13. The van der Waals surface area contributed by atoms with E-state index >= 15 is 0 Å². The molecule has 1 saturated heterocycles. The van der Waals surface area contributed by atoms with Crippen LogP contribution in [0.4, 0.5) is 0 Å². The van der Waals surface area contributed by atoms with E-state index < -0.39 is 0 Å². The van der Waals surface area contributed by atoms with E-state index in [1.54, 1.807) is 17.4 Å². The SMILES string of the molecule is CC.[B]C1=NC(C2CCN(Cc3nc4ccc(C(=O)OC)cc4n3Cc3cncs3)CC2)=CCC1. The minimum Gasteiger partial charge on any atom is -0.465 e. The first-order valence-electron chi connectivity index (χ1n) is 12.3. The fourth-order valence-corrected chi connectivity index (χ4v) is 5.25. The van der Waals surface area contributed by atoms with E-state index in [0.29, 0.717) is 18.0 Å². The van der Waals surface area contributed by atoms with Crippen molar-refractivity contribution < 1.29 is 9.53 Å². The van der Waals surface area contributed by atoms with Crippen LogP contribution in [0.15, 0.2) is 46.7 Å². The fourth-order valence-electron chi connectivity index (χ4n) is 4.67. The smallest absolute Gasteiger partial charge is 0.337 e. The number of ether oxygens (including phenoxy) is 1. The third-order valence-electron chi connectivity index (χ3n) is 6.44. The summed E-state index contributed by atoms with van der Waals surface area (Å²) in [7, 11) is 7.37. The molecule has 2 aliphatic rings. The van der Waals surface area contributed by atoms with Gasteiger partial charge in [0, 0.05) is 22.7 Å². The number of methoxy groups -OCH3 is 1. The van der Waals surface area contributed by atoms with Gasteiger partial charge >= 0.3 is 5.97 Å². The third-order valence-corrected chi connectivity index (χ3v) is 7.21. The number of aromatic nitrogens is 3. The van der Waals surface area contributed by atoms with Gasteiger partial charge in [0.05, 0.1) is 42.3 Å². The van der Waals surface area contributed by atoms with Crippen LogP contribution >= 0.6 is 11.3 Å². The molecule has 2 aliphatic heterocycles. The minimum atomic E-state index is -0.341. The molecule has 1 aromatic carbocycles. The first kappa shape index (κ1) is 25.3. The zero-order chi connectivity index (χ0) is 24.8. The van der Waals surface area contributed by atoms with E-state index in [1.807, 2.05) is 37.7 Å². The summed E-state index contributed by atoms with van der Waals surface area (Å²) < 4.78 is 7.12. The molecule has 2 radical (unpaired) electrons. The number of rotatable bonds is 6. The van der Waals surface area contributed by atoms with E-state index in [0.717, 1.165) is 72.7 Å². The molecule has 7 nitrogen and oxygen atoms in total. The number of hydrogen-bond donors (Lipinski definition) is 0. The number of nitrogens with zero attached hydrogens (tertiary/aromatic N) is 5. The summed E-state index contributed by atoms with van der Waals surface area (Å²) >= 11 is 1.62. The van der Waals surface area contributed by atoms with Crippen molar-refractivity contribution >= 4 is 41.8 Å². The highest BCUT2D eigenvalue weighted by Crippen LogP contribution is 2.29. The van der Waals surface area contributed by atoms with Crippen molar-refractivity contribution in [1.82, 2.24) is 19.4 Å². The number of carbonyl (C=O) groups is 1. The Balaban J connectivity index is 0.00000141. The molecule has 4 heterocycles. The molecule has 35 heavy (non-hydrogen) atoms. The zero-order valence-electron chi connectivity index (χ0n) is 20.7. The lowest BCUT2D eigenvalue weighted by molar-refractivity contribution is 0.0601. The Morgan fingerprint density at radius 2 is 2.03 bits per heavy atom. The Labute approximate surface area is 212 Å². The second-order valence-corrected chi connectivity index (χ2v) is 9.57. The Hall–Kier alpha value is -2.78. The molecule has 0 spiro atoms. The van der Waals surface area contributed by atoms with Gasteiger partial charge in [0.2, 0.25) is 0 Å². The fraction of sp³-hybridized carbons (Fsp3) is 0.462. The number of piperidine rings is 1. The summed E-state index contributed by atoms with van der Waals surface area (Å²) in [5, 5.41) is 0. The van der Waals surface area contributed by atoms with Gasteiger partial charge in [0.15, 0.2) is 0 Å². The monoisotopic (exact) mass is 489 g/mol. The van der Waals surface area contributed by atoms with E-state index in [4.69, 9.17) is 17.6 Å². The molecule has 182 valence electrons. The predicted octanol–water partition coefficient (Wildman–Crippen LogP) is 4.81. The Bertz CT molecular complexity index is 1210. The molecular weight excluding hydrogens is 457 g/mol. The van der Waals surface area contributed by atoms with Crippen LogP contribution in [-0.4, -0.2) is 59.1 Å². The normalized spacial score (nSPS) is 16.9. The molecule has 3 aromatic rings. The largest absolute Gasteiger partial charge is 0.465 e. The van der Waals surface area contributed by atoms with Crippen LogP contribution in [0.25, 0.3) is 11.0 Å². The lowest BCUT2D eigenvalue weighted by atomic mass is 9.88. The number of carbonyl (C=O) groups excluding carboxylic acids is 1. The molecule has 0 amide bonds. The standard InChI is InChI=1S/C24H26BN5O2S.C2H6/c1-32-24(31)17-5-6-20-21(11-17)30(13-18-12-26-15-33-18)23(28-20)14-29-9-7-16(8-10-29)19-3-2-4-22(25)27-19;1-2/h3,5-6,11-12,15-16H,2,4,7-10,13-14H2,1H3;1-2H3. The molecule has 0 saturated carbocycles. The van der Waals surface area contributed by atoms with E-state index in [1.165, 1.54) is 12.8 Å². The van der Waals surface area contributed by atoms with E-state index in [-0.39, 0.29) is 5.97 Å². The average Bonchev–Trinajstić information content (AvgIpc) is 3.53. The van der Waals surface area contributed by atoms with Crippen LogP contribution in [0.3, 0.4) is 0 Å². The van der Waals surface area contributed by atoms with Crippen LogP contribution in [0, 0.1) is 5.92 Å². The van der Waals surface area contributed by atoms with Crippen molar-refractivity contribution in [3.05, 3.63) is 57.9 Å². The first-order chi connectivity index (χ1) is 17.1. The lowest BCUT2D eigenvalue weighted by Crippen LogP contribution is -2.34. The maximum absolute atomic E-state index is 12.1. The second-order valence-electron chi connectivity index (χ2n) is 8.60. The Kier molecular flexibility index (Phi) is 8.52. The Morgan fingerprint density at radius 1 is 1.23 bits per heavy atom. The van der Waals surface area contributed by atoms with E-state index in [2.05, 4.69) is 25.5 Å². The van der Waals surface area contributed by atoms with Gasteiger partial charge < -0.3 is 9.30 Å². The van der Waals surface area contributed by atoms with Crippen LogP contribution in [-0.2, 0) is 17.8 Å². The number of imidazole rings is 1. The summed E-state index contributed by atoms with van der Waals surface area (Å²) in [6.07, 6.45) is 8.16. The van der Waals surface area contributed by atoms with Crippen molar-refractivity contribution in [2.24, 2.45) is 10.9 Å². The second kappa shape index (κ2) is 11.8. The molecule has 5 rings (SSSR count). The highest BCUT2D eigenvalue weighted by Gasteiger charge is 2.25. The third kappa shape index (κ3) is 5.90. The predicted molar refractivity (Wildman–Crippen MR) is 142 cm³/mol. The van der Waals surface area contributed by atoms with Crippen molar-refractivity contribution in [3.63, 3.8) is 0 Å². The molecule has 1 fully saturated rings. The number of fused-ring (bicyclic) bond motifs is 1. The molecule has 9 heteroatoms. The van der Waals surface area contributed by atoms with Crippen LogP contribution in [0.5, 0.6) is 0 Å². The molecule has 0 atom stereocenters. The summed E-state index contributed by atoms with van der Waals surface area (Å²) in [5.74, 6) is 1.14. The van der Waals surface area contributed by atoms with Gasteiger partial charge in [0.1, 0.15) is 13.7 Å². The van der Waals surface area contributed by atoms with Crippen molar-refractivity contribution in [3.8, 4) is 0 Å². The number of thiazole rings is 1. The average molecular weight is 489 g/mol. The summed E-state index contributed by atoms with van der Waals surface area (Å²) in [6.45, 7) is 7.43. The van der Waals surface area contributed by atoms with Gasteiger partial charge in [-0.1, -0.05) is 19.9 Å². The van der Waals surface area contributed by atoms with Gasteiger partial charge in [-0.05, 0) is 62.6 Å². The van der Waals surface area contributed by atoms with Crippen molar-refractivity contribution in [2.45, 2.75) is 52.6 Å². The quantitative estimate of drug-likeness (QED) is 0.367. The maximum atomic E-state index is 12.1. The number of allylic oxidation sites excluding steroid dienone is 2. The molecule has 0 aliphatic carbocycles. The Morgan fingerprint density at radius 3 is 2.71 bits per heavy atom. The first-order valence-corrected chi connectivity index (χ1v) is 13.2. The zero-order valence-corrected chi connectivity index (χ0v) is 21.6. The lowest BCUT2D eigenvalue weighted by Gasteiger charge is -2.32. The van der Waals surface area contributed by atoms with Crippen LogP contribution in [0.2, 0.25) is 0 Å². The van der Waals surface area contributed by atoms with Gasteiger partial charge in [-0.15, -0.1) is 11.3 Å². The van der Waals surface area contributed by atoms with Gasteiger partial charge in [0.25, 0.3) is 0 Å². The topological polar surface area (TPSA) is 72.6 Å². The van der Waals surface area contributed by atoms with E-state index in [9.17, 15) is 4.79 Å². The number of hydrogen-bond acceptors (Lipinski definition) is 7. The maximum Gasteiger partial charge on any atom is 0.337 e. The molecule has 2 aromatic heterocycles. The molecular formula is C26H32BN5O2S.